The van der Waals surface area contributed by atoms with Crippen LogP contribution in [0.15, 0.2) is 30.3 Å². The number of carbonyl (C=O) groups excluding carboxylic acids is 1. The van der Waals surface area contributed by atoms with Crippen molar-refractivity contribution in [1.82, 2.24) is 10.3 Å². The molecule has 0 aliphatic carbocycles. The number of amides is 1. The second-order valence-corrected chi connectivity index (χ2v) is 5.33. The Balaban J connectivity index is 2.03. The van der Waals surface area contributed by atoms with E-state index in [0.29, 0.717) is 12.8 Å². The van der Waals surface area contributed by atoms with Crippen molar-refractivity contribution in [3.05, 3.63) is 41.6 Å². The second-order valence-electron chi connectivity index (χ2n) is 5.33. The van der Waals surface area contributed by atoms with E-state index in [9.17, 15) is 4.79 Å². The van der Waals surface area contributed by atoms with Crippen LogP contribution >= 0.6 is 0 Å². The first kappa shape index (κ1) is 14.5. The van der Waals surface area contributed by atoms with E-state index in [4.69, 9.17) is 0 Å². The highest BCUT2D eigenvalue weighted by Gasteiger charge is 2.07. The quantitative estimate of drug-likeness (QED) is 0.905. The second kappa shape index (κ2) is 6.51. The molecule has 1 amide bonds. The van der Waals surface area contributed by atoms with Gasteiger partial charge in [0.25, 0.3) is 0 Å². The first-order valence-electron chi connectivity index (χ1n) is 7.24. The average Bonchev–Trinajstić information content (AvgIpc) is 2.45. The van der Waals surface area contributed by atoms with Crippen molar-refractivity contribution >= 4 is 16.8 Å². The van der Waals surface area contributed by atoms with Crippen LogP contribution in [0.25, 0.3) is 10.9 Å². The van der Waals surface area contributed by atoms with Crippen LogP contribution in [-0.4, -0.2) is 16.9 Å². The van der Waals surface area contributed by atoms with Gasteiger partial charge in [0.15, 0.2) is 0 Å². The van der Waals surface area contributed by atoms with Crippen LogP contribution in [-0.2, 0) is 11.2 Å². The van der Waals surface area contributed by atoms with E-state index in [0.717, 1.165) is 23.0 Å². The summed E-state index contributed by atoms with van der Waals surface area (Å²) in [5, 5.41) is 4.13. The molecule has 0 aliphatic rings. The molecule has 0 spiro atoms. The van der Waals surface area contributed by atoms with Crippen molar-refractivity contribution in [2.24, 2.45) is 0 Å². The third kappa shape index (κ3) is 3.56. The molecule has 3 heteroatoms. The number of carbonyl (C=O) groups is 1. The van der Waals surface area contributed by atoms with Gasteiger partial charge in [-0.05, 0) is 38.3 Å². The number of benzene rings is 1. The summed E-state index contributed by atoms with van der Waals surface area (Å²) in [5.74, 6) is 0.103. The Hall–Kier alpha value is -1.90. The minimum Gasteiger partial charge on any atom is -0.354 e. The Morgan fingerprint density at radius 3 is 2.85 bits per heavy atom. The molecule has 0 saturated heterocycles. The fourth-order valence-electron chi connectivity index (χ4n) is 2.17. The number of fused-ring (bicyclic) bond motifs is 1. The van der Waals surface area contributed by atoms with Gasteiger partial charge in [-0.3, -0.25) is 9.78 Å². The van der Waals surface area contributed by atoms with Gasteiger partial charge in [-0.2, -0.15) is 0 Å². The van der Waals surface area contributed by atoms with Gasteiger partial charge in [0.05, 0.1) is 5.52 Å². The molecule has 106 valence electrons. The molecule has 0 fully saturated rings. The minimum absolute atomic E-state index is 0.103. The molecule has 1 aromatic heterocycles. The number of para-hydroxylation sites is 1. The zero-order valence-corrected chi connectivity index (χ0v) is 12.4. The Labute approximate surface area is 120 Å². The molecule has 0 bridgehead atoms. The average molecular weight is 270 g/mol. The molecule has 0 saturated carbocycles. The van der Waals surface area contributed by atoms with Crippen molar-refractivity contribution in [3.8, 4) is 0 Å². The highest BCUT2D eigenvalue weighted by Crippen LogP contribution is 2.17. The number of nitrogens with zero attached hydrogens (tertiary/aromatic N) is 1. The number of aryl methyl sites for hydroxylation is 2. The summed E-state index contributed by atoms with van der Waals surface area (Å²) in [4.78, 5) is 16.4. The van der Waals surface area contributed by atoms with E-state index in [1.54, 1.807) is 0 Å². The largest absolute Gasteiger partial charge is 0.354 e. The summed E-state index contributed by atoms with van der Waals surface area (Å²) >= 11 is 0. The summed E-state index contributed by atoms with van der Waals surface area (Å²) in [5.41, 5.74) is 3.19. The van der Waals surface area contributed by atoms with Crippen molar-refractivity contribution < 1.29 is 4.79 Å². The fourth-order valence-corrected chi connectivity index (χ4v) is 2.17. The maximum Gasteiger partial charge on any atom is 0.220 e. The molecule has 1 atom stereocenters. The summed E-state index contributed by atoms with van der Waals surface area (Å²) in [6, 6.07) is 10.5. The Morgan fingerprint density at radius 2 is 2.10 bits per heavy atom. The lowest BCUT2D eigenvalue weighted by Crippen LogP contribution is -2.32. The van der Waals surface area contributed by atoms with Gasteiger partial charge in [-0.1, -0.05) is 31.2 Å². The van der Waals surface area contributed by atoms with Crippen molar-refractivity contribution in [1.29, 1.82) is 0 Å². The zero-order valence-electron chi connectivity index (χ0n) is 12.4. The number of nitrogens with one attached hydrogen (secondary N) is 1. The molecular weight excluding hydrogens is 248 g/mol. The van der Waals surface area contributed by atoms with Gasteiger partial charge < -0.3 is 5.32 Å². The first-order chi connectivity index (χ1) is 9.60. The SMILES string of the molecule is CCC(C)NC(=O)CCc1ccc2cccc(C)c2n1. The molecule has 1 heterocycles. The first-order valence-corrected chi connectivity index (χ1v) is 7.24. The standard InChI is InChI=1S/C17H22N2O/c1-4-13(3)18-16(20)11-10-15-9-8-14-7-5-6-12(2)17(14)19-15/h5-9,13H,4,10-11H2,1-3H3,(H,18,20). The molecule has 20 heavy (non-hydrogen) atoms. The van der Waals surface area contributed by atoms with Crippen molar-refractivity contribution in [3.63, 3.8) is 0 Å². The van der Waals surface area contributed by atoms with E-state index in [2.05, 4.69) is 42.3 Å². The summed E-state index contributed by atoms with van der Waals surface area (Å²) in [6.45, 7) is 6.16. The van der Waals surface area contributed by atoms with E-state index in [1.165, 1.54) is 5.56 Å². The van der Waals surface area contributed by atoms with Gasteiger partial charge in [-0.25, -0.2) is 0 Å². The number of rotatable bonds is 5. The molecular formula is C17H22N2O. The van der Waals surface area contributed by atoms with Crippen molar-refractivity contribution in [2.45, 2.75) is 46.1 Å². The molecule has 3 nitrogen and oxygen atoms in total. The van der Waals surface area contributed by atoms with Crippen LogP contribution < -0.4 is 5.32 Å². The summed E-state index contributed by atoms with van der Waals surface area (Å²) < 4.78 is 0. The summed E-state index contributed by atoms with van der Waals surface area (Å²) in [6.07, 6.45) is 2.14. The van der Waals surface area contributed by atoms with Crippen LogP contribution in [0.1, 0.15) is 37.9 Å². The predicted octanol–water partition coefficient (Wildman–Crippen LogP) is 3.39. The highest BCUT2D eigenvalue weighted by molar-refractivity contribution is 5.82. The van der Waals surface area contributed by atoms with E-state index in [-0.39, 0.29) is 11.9 Å². The maximum absolute atomic E-state index is 11.8. The number of aromatic nitrogens is 1. The normalized spacial score (nSPS) is 12.3. The topological polar surface area (TPSA) is 42.0 Å². The monoisotopic (exact) mass is 270 g/mol. The maximum atomic E-state index is 11.8. The lowest BCUT2D eigenvalue weighted by atomic mass is 10.1. The zero-order chi connectivity index (χ0) is 14.5. The van der Waals surface area contributed by atoms with E-state index < -0.39 is 0 Å². The van der Waals surface area contributed by atoms with Crippen LogP contribution in [0.2, 0.25) is 0 Å². The van der Waals surface area contributed by atoms with Gasteiger partial charge in [-0.15, -0.1) is 0 Å². The smallest absolute Gasteiger partial charge is 0.220 e. The molecule has 1 unspecified atom stereocenters. The predicted molar refractivity (Wildman–Crippen MR) is 82.7 cm³/mol. The number of pyridine rings is 1. The lowest BCUT2D eigenvalue weighted by Gasteiger charge is -2.11. The van der Waals surface area contributed by atoms with Gasteiger partial charge in [0.1, 0.15) is 0 Å². The number of hydrogen-bond donors (Lipinski definition) is 1. The van der Waals surface area contributed by atoms with E-state index >= 15 is 0 Å². The fraction of sp³-hybridized carbons (Fsp3) is 0.412. The molecule has 2 rings (SSSR count). The molecule has 1 aromatic carbocycles. The molecule has 0 aliphatic heterocycles. The Bertz CT molecular complexity index is 607. The Kier molecular flexibility index (Phi) is 4.72. The van der Waals surface area contributed by atoms with Crippen LogP contribution in [0, 0.1) is 6.92 Å². The third-order valence-corrected chi connectivity index (χ3v) is 3.61. The molecule has 2 aromatic rings. The number of hydrogen-bond acceptors (Lipinski definition) is 2. The van der Waals surface area contributed by atoms with Crippen LogP contribution in [0.5, 0.6) is 0 Å². The van der Waals surface area contributed by atoms with Gasteiger partial charge >= 0.3 is 0 Å². The van der Waals surface area contributed by atoms with Crippen LogP contribution in [0.3, 0.4) is 0 Å². The minimum atomic E-state index is 0.103. The molecule has 0 radical (unpaired) electrons. The highest BCUT2D eigenvalue weighted by atomic mass is 16.1. The summed E-state index contributed by atoms with van der Waals surface area (Å²) in [7, 11) is 0. The van der Waals surface area contributed by atoms with Crippen molar-refractivity contribution in [2.75, 3.05) is 0 Å². The molecule has 1 N–H and O–H groups in total. The Morgan fingerprint density at radius 1 is 1.30 bits per heavy atom. The van der Waals surface area contributed by atoms with Gasteiger partial charge in [0, 0.05) is 23.5 Å². The van der Waals surface area contributed by atoms with Gasteiger partial charge in [0.2, 0.25) is 5.91 Å². The third-order valence-electron chi connectivity index (χ3n) is 3.61. The van der Waals surface area contributed by atoms with E-state index in [1.807, 2.05) is 19.1 Å². The lowest BCUT2D eigenvalue weighted by molar-refractivity contribution is -0.121. The van der Waals surface area contributed by atoms with Crippen LogP contribution in [0.4, 0.5) is 0 Å².